The largest absolute Gasteiger partial charge is 0.522 e. The number of ketones is 1. The van der Waals surface area contributed by atoms with Crippen LogP contribution in [0, 0.1) is 5.92 Å². The second-order valence-corrected chi connectivity index (χ2v) is 2.80. The second kappa shape index (κ2) is 5.21. The lowest BCUT2D eigenvalue weighted by molar-refractivity contribution is -0.325. The number of hydrogen-bond donors (Lipinski definition) is 0. The number of carbonyl (C=O) groups excluding carboxylic acids is 1. The predicted molar refractivity (Wildman–Crippen MR) is 41.1 cm³/mol. The van der Waals surface area contributed by atoms with Gasteiger partial charge >= 0.3 is 6.36 Å². The summed E-state index contributed by atoms with van der Waals surface area (Å²) >= 11 is 0. The lowest BCUT2D eigenvalue weighted by Gasteiger charge is -2.12. The van der Waals surface area contributed by atoms with E-state index in [1.807, 2.05) is 0 Å². The number of halogens is 3. The molecule has 0 saturated carbocycles. The minimum Gasteiger partial charge on any atom is -0.300 e. The molecule has 0 radical (unpaired) electrons. The van der Waals surface area contributed by atoms with Crippen LogP contribution in [0.4, 0.5) is 13.2 Å². The van der Waals surface area contributed by atoms with Crippen molar-refractivity contribution in [3.8, 4) is 0 Å². The van der Waals surface area contributed by atoms with E-state index in [0.29, 0.717) is 6.42 Å². The number of ether oxygens (including phenoxy) is 1. The maximum absolute atomic E-state index is 11.5. The molecule has 2 nitrogen and oxygen atoms in total. The molecule has 78 valence electrons. The van der Waals surface area contributed by atoms with Crippen molar-refractivity contribution in [1.82, 2.24) is 0 Å². The van der Waals surface area contributed by atoms with Gasteiger partial charge in [-0.2, -0.15) is 0 Å². The van der Waals surface area contributed by atoms with Gasteiger partial charge in [-0.05, 0) is 19.8 Å². The smallest absolute Gasteiger partial charge is 0.300 e. The Morgan fingerprint density at radius 1 is 1.46 bits per heavy atom. The van der Waals surface area contributed by atoms with Crippen molar-refractivity contribution in [3.63, 3.8) is 0 Å². The first kappa shape index (κ1) is 12.4. The molecule has 5 heteroatoms. The van der Waals surface area contributed by atoms with Crippen LogP contribution in [0.5, 0.6) is 0 Å². The minimum absolute atomic E-state index is 0.0896. The molecule has 0 aliphatic rings. The standard InChI is InChI=1S/C8H13F3O2/c1-3-7(6(2)12)4-5-13-8(9,10)11/h7H,3-5H2,1-2H3. The molecule has 0 bridgehead atoms. The van der Waals surface area contributed by atoms with Gasteiger partial charge in [-0.15, -0.1) is 13.2 Å². The van der Waals surface area contributed by atoms with Gasteiger partial charge in [-0.1, -0.05) is 6.92 Å². The molecule has 1 atom stereocenters. The Kier molecular flexibility index (Phi) is 4.98. The van der Waals surface area contributed by atoms with Crippen molar-refractivity contribution in [2.24, 2.45) is 5.92 Å². The first-order valence-electron chi connectivity index (χ1n) is 4.08. The summed E-state index contributed by atoms with van der Waals surface area (Å²) in [5.74, 6) is -0.407. The molecular formula is C8H13F3O2. The number of alkyl halides is 3. The van der Waals surface area contributed by atoms with Crippen LogP contribution in [0.1, 0.15) is 26.7 Å². The Labute approximate surface area is 75.1 Å². The summed E-state index contributed by atoms with van der Waals surface area (Å²) in [5, 5.41) is 0. The summed E-state index contributed by atoms with van der Waals surface area (Å²) in [6.45, 7) is 2.70. The van der Waals surface area contributed by atoms with Gasteiger partial charge < -0.3 is 0 Å². The summed E-state index contributed by atoms with van der Waals surface area (Å²) in [6, 6.07) is 0. The molecule has 0 saturated heterocycles. The van der Waals surface area contributed by atoms with E-state index in [2.05, 4.69) is 4.74 Å². The van der Waals surface area contributed by atoms with Crippen molar-refractivity contribution in [1.29, 1.82) is 0 Å². The summed E-state index contributed by atoms with van der Waals surface area (Å²) in [7, 11) is 0. The van der Waals surface area contributed by atoms with E-state index in [1.165, 1.54) is 6.92 Å². The summed E-state index contributed by atoms with van der Waals surface area (Å²) < 4.78 is 38.1. The number of rotatable bonds is 5. The fraction of sp³-hybridized carbons (Fsp3) is 0.875. The maximum atomic E-state index is 11.5. The van der Waals surface area contributed by atoms with Gasteiger partial charge in [0.05, 0.1) is 6.61 Å². The van der Waals surface area contributed by atoms with Crippen molar-refractivity contribution in [2.75, 3.05) is 6.61 Å². The molecule has 0 N–H and O–H groups in total. The van der Waals surface area contributed by atoms with E-state index in [1.54, 1.807) is 6.92 Å². The molecule has 0 rings (SSSR count). The molecule has 0 aromatic carbocycles. The van der Waals surface area contributed by atoms with Crippen LogP contribution in [0.2, 0.25) is 0 Å². The fourth-order valence-corrected chi connectivity index (χ4v) is 1.01. The van der Waals surface area contributed by atoms with Crippen molar-refractivity contribution >= 4 is 5.78 Å². The van der Waals surface area contributed by atoms with Crippen LogP contribution in [0.3, 0.4) is 0 Å². The minimum atomic E-state index is -4.59. The lowest BCUT2D eigenvalue weighted by atomic mass is 9.99. The molecular weight excluding hydrogens is 185 g/mol. The van der Waals surface area contributed by atoms with Gasteiger partial charge in [-0.3, -0.25) is 9.53 Å². The maximum Gasteiger partial charge on any atom is 0.522 e. The Hall–Kier alpha value is -0.580. The Bertz CT molecular complexity index is 165. The van der Waals surface area contributed by atoms with Crippen LogP contribution in [0.15, 0.2) is 0 Å². The molecule has 0 heterocycles. The molecule has 0 aliphatic carbocycles. The van der Waals surface area contributed by atoms with Crippen molar-refractivity contribution in [3.05, 3.63) is 0 Å². The summed E-state index contributed by atoms with van der Waals surface area (Å²) in [6.07, 6.45) is -3.91. The van der Waals surface area contributed by atoms with E-state index in [4.69, 9.17) is 0 Å². The predicted octanol–water partition coefficient (Wildman–Crippen LogP) is 2.53. The zero-order chi connectivity index (χ0) is 10.5. The highest BCUT2D eigenvalue weighted by atomic mass is 19.4. The fourth-order valence-electron chi connectivity index (χ4n) is 1.01. The quantitative estimate of drug-likeness (QED) is 0.678. The van der Waals surface area contributed by atoms with Gasteiger partial charge in [-0.25, -0.2) is 0 Å². The Morgan fingerprint density at radius 3 is 2.31 bits per heavy atom. The highest BCUT2D eigenvalue weighted by Gasteiger charge is 2.29. The van der Waals surface area contributed by atoms with Gasteiger partial charge in [0, 0.05) is 5.92 Å². The monoisotopic (exact) mass is 198 g/mol. The molecule has 0 aromatic heterocycles. The highest BCUT2D eigenvalue weighted by Crippen LogP contribution is 2.18. The summed E-state index contributed by atoms with van der Waals surface area (Å²) in [4.78, 5) is 10.8. The average molecular weight is 198 g/mol. The van der Waals surface area contributed by atoms with E-state index in [9.17, 15) is 18.0 Å². The van der Waals surface area contributed by atoms with Gasteiger partial charge in [0.25, 0.3) is 0 Å². The molecule has 0 spiro atoms. The topological polar surface area (TPSA) is 26.3 Å². The zero-order valence-corrected chi connectivity index (χ0v) is 7.65. The molecule has 0 fully saturated rings. The van der Waals surface area contributed by atoms with E-state index < -0.39 is 13.0 Å². The van der Waals surface area contributed by atoms with Crippen LogP contribution in [0.25, 0.3) is 0 Å². The zero-order valence-electron chi connectivity index (χ0n) is 7.65. The molecule has 0 aliphatic heterocycles. The third-order valence-corrected chi connectivity index (χ3v) is 1.80. The van der Waals surface area contributed by atoms with Crippen molar-refractivity contribution < 1.29 is 22.7 Å². The Morgan fingerprint density at radius 2 is 2.00 bits per heavy atom. The SMILES string of the molecule is CCC(CCOC(F)(F)F)C(C)=O. The van der Waals surface area contributed by atoms with E-state index >= 15 is 0 Å². The van der Waals surface area contributed by atoms with Gasteiger partial charge in [0.1, 0.15) is 5.78 Å². The van der Waals surface area contributed by atoms with Crippen LogP contribution < -0.4 is 0 Å². The third-order valence-electron chi connectivity index (χ3n) is 1.80. The number of carbonyl (C=O) groups is 1. The first-order valence-corrected chi connectivity index (χ1v) is 4.08. The molecule has 1 unspecified atom stereocenters. The number of hydrogen-bond acceptors (Lipinski definition) is 2. The van der Waals surface area contributed by atoms with Crippen molar-refractivity contribution in [2.45, 2.75) is 33.1 Å². The van der Waals surface area contributed by atoms with Gasteiger partial charge in [0.15, 0.2) is 0 Å². The van der Waals surface area contributed by atoms with E-state index in [0.717, 1.165) is 0 Å². The van der Waals surface area contributed by atoms with Crippen LogP contribution in [-0.4, -0.2) is 18.8 Å². The highest BCUT2D eigenvalue weighted by molar-refractivity contribution is 5.78. The van der Waals surface area contributed by atoms with Crippen LogP contribution in [-0.2, 0) is 9.53 Å². The molecule has 0 aromatic rings. The first-order chi connectivity index (χ1) is 5.87. The Balaban J connectivity index is 3.68. The second-order valence-electron chi connectivity index (χ2n) is 2.80. The van der Waals surface area contributed by atoms with Gasteiger partial charge in [0.2, 0.25) is 0 Å². The lowest BCUT2D eigenvalue weighted by Crippen LogP contribution is -2.18. The summed E-state index contributed by atoms with van der Waals surface area (Å²) in [5.41, 5.74) is 0. The number of Topliss-reactive ketones (excluding diaryl/α,β-unsaturated/α-hetero) is 1. The van der Waals surface area contributed by atoms with E-state index in [-0.39, 0.29) is 18.1 Å². The molecule has 0 amide bonds. The average Bonchev–Trinajstić information content (AvgIpc) is 1.95. The molecule has 13 heavy (non-hydrogen) atoms. The van der Waals surface area contributed by atoms with Crippen LogP contribution >= 0.6 is 0 Å². The third kappa shape index (κ3) is 6.57. The normalized spacial score (nSPS) is 14.2.